The Morgan fingerprint density at radius 2 is 1.46 bits per heavy atom. The SMILES string of the molecule is CCCC(C)([SiH2])C(C(C)C)C(C)C. The lowest BCUT2D eigenvalue weighted by Gasteiger charge is -2.40. The van der Waals surface area contributed by atoms with Crippen molar-refractivity contribution in [2.75, 3.05) is 0 Å². The first-order valence-corrected chi connectivity index (χ1v) is 6.39. The third-order valence-corrected chi connectivity index (χ3v) is 3.89. The summed E-state index contributed by atoms with van der Waals surface area (Å²) in [5.41, 5.74) is 0. The summed E-state index contributed by atoms with van der Waals surface area (Å²) in [6, 6.07) is 0. The smallest absolute Gasteiger partial charge is 0.0163 e. The van der Waals surface area contributed by atoms with Gasteiger partial charge in [0, 0.05) is 10.2 Å². The van der Waals surface area contributed by atoms with Gasteiger partial charge in [-0.05, 0) is 22.8 Å². The van der Waals surface area contributed by atoms with Crippen molar-refractivity contribution in [1.82, 2.24) is 0 Å². The Balaban J connectivity index is 4.52. The second kappa shape index (κ2) is 5.19. The van der Waals surface area contributed by atoms with E-state index in [1.165, 1.54) is 12.8 Å². The molecule has 0 heterocycles. The molecule has 1 radical (unpaired) electrons. The van der Waals surface area contributed by atoms with Gasteiger partial charge in [0.05, 0.1) is 0 Å². The molecular weight excluding hydrogens is 172 g/mol. The van der Waals surface area contributed by atoms with Gasteiger partial charge in [-0.2, -0.15) is 0 Å². The minimum absolute atomic E-state index is 0.539. The molecule has 1 heteroatoms. The van der Waals surface area contributed by atoms with Crippen LogP contribution in [0.15, 0.2) is 0 Å². The van der Waals surface area contributed by atoms with Gasteiger partial charge in [0.25, 0.3) is 0 Å². The summed E-state index contributed by atoms with van der Waals surface area (Å²) in [5, 5.41) is 0.539. The summed E-state index contributed by atoms with van der Waals surface area (Å²) in [5.74, 6) is 2.49. The summed E-state index contributed by atoms with van der Waals surface area (Å²) in [7, 11) is 2.21. The molecular formula is C12H27Si. The molecule has 0 fully saturated rings. The highest BCUT2D eigenvalue weighted by atomic mass is 28.1. The van der Waals surface area contributed by atoms with Crippen molar-refractivity contribution in [2.45, 2.75) is 59.4 Å². The van der Waals surface area contributed by atoms with Gasteiger partial charge in [0.2, 0.25) is 0 Å². The number of rotatable bonds is 5. The summed E-state index contributed by atoms with van der Waals surface area (Å²) >= 11 is 0. The molecule has 13 heavy (non-hydrogen) atoms. The van der Waals surface area contributed by atoms with Crippen molar-refractivity contribution in [3.63, 3.8) is 0 Å². The van der Waals surface area contributed by atoms with Crippen molar-refractivity contribution in [2.24, 2.45) is 17.8 Å². The van der Waals surface area contributed by atoms with Crippen LogP contribution in [-0.2, 0) is 0 Å². The molecule has 0 aliphatic rings. The standard InChI is InChI=1S/C12H27Si/c1-7-8-12(6,13)11(9(2)3)10(4)5/h9-11H,7-8,13H2,1-6H3. The molecule has 0 spiro atoms. The average Bonchev–Trinajstić information content (AvgIpc) is 1.82. The molecule has 1 unspecified atom stereocenters. The van der Waals surface area contributed by atoms with Crippen LogP contribution in [0, 0.1) is 17.8 Å². The highest BCUT2D eigenvalue weighted by Crippen LogP contribution is 2.44. The van der Waals surface area contributed by atoms with Crippen molar-refractivity contribution >= 4 is 10.2 Å². The monoisotopic (exact) mass is 199 g/mol. The van der Waals surface area contributed by atoms with Crippen LogP contribution in [0.5, 0.6) is 0 Å². The van der Waals surface area contributed by atoms with Crippen LogP contribution < -0.4 is 0 Å². The summed E-state index contributed by atoms with van der Waals surface area (Å²) in [6.07, 6.45) is 2.68. The van der Waals surface area contributed by atoms with E-state index in [-0.39, 0.29) is 0 Å². The second-order valence-electron chi connectivity index (χ2n) is 5.42. The Labute approximate surface area is 87.9 Å². The van der Waals surface area contributed by atoms with Crippen molar-refractivity contribution in [3.8, 4) is 0 Å². The summed E-state index contributed by atoms with van der Waals surface area (Å²) < 4.78 is 0. The molecule has 0 amide bonds. The molecule has 0 N–H and O–H groups in total. The van der Waals surface area contributed by atoms with E-state index in [1.807, 2.05) is 0 Å². The largest absolute Gasteiger partial charge is 0.0654 e. The van der Waals surface area contributed by atoms with Crippen LogP contribution in [0.2, 0.25) is 5.04 Å². The van der Waals surface area contributed by atoms with E-state index in [0.717, 1.165) is 17.8 Å². The van der Waals surface area contributed by atoms with E-state index in [9.17, 15) is 0 Å². The summed E-state index contributed by atoms with van der Waals surface area (Å²) in [4.78, 5) is 0. The zero-order valence-corrected chi connectivity index (χ0v) is 11.8. The van der Waals surface area contributed by atoms with Gasteiger partial charge in [0.15, 0.2) is 0 Å². The minimum atomic E-state index is 0.539. The van der Waals surface area contributed by atoms with E-state index < -0.39 is 0 Å². The predicted molar refractivity (Wildman–Crippen MR) is 65.0 cm³/mol. The van der Waals surface area contributed by atoms with Gasteiger partial charge in [-0.1, -0.05) is 54.4 Å². The normalized spacial score (nSPS) is 17.1. The average molecular weight is 199 g/mol. The molecule has 0 saturated heterocycles. The first-order chi connectivity index (χ1) is 5.83. The van der Waals surface area contributed by atoms with Gasteiger partial charge in [0.1, 0.15) is 0 Å². The predicted octanol–water partition coefficient (Wildman–Crippen LogP) is 3.53. The van der Waals surface area contributed by atoms with E-state index in [2.05, 4.69) is 51.8 Å². The number of hydrogen-bond donors (Lipinski definition) is 0. The molecule has 0 nitrogen and oxygen atoms in total. The van der Waals surface area contributed by atoms with Gasteiger partial charge in [-0.15, -0.1) is 0 Å². The minimum Gasteiger partial charge on any atom is -0.0654 e. The first-order valence-electron chi connectivity index (χ1n) is 5.68. The third kappa shape index (κ3) is 3.84. The van der Waals surface area contributed by atoms with E-state index in [0.29, 0.717) is 5.04 Å². The fourth-order valence-corrected chi connectivity index (χ4v) is 4.41. The molecule has 79 valence electrons. The topological polar surface area (TPSA) is 0 Å². The number of hydrogen-bond acceptors (Lipinski definition) is 0. The molecule has 0 aliphatic heterocycles. The van der Waals surface area contributed by atoms with Gasteiger partial charge in [-0.25, -0.2) is 0 Å². The molecule has 0 aromatic rings. The Bertz CT molecular complexity index is 128. The van der Waals surface area contributed by atoms with E-state index in [1.54, 1.807) is 0 Å². The molecule has 0 saturated carbocycles. The third-order valence-electron chi connectivity index (χ3n) is 3.06. The lowest BCUT2D eigenvalue weighted by atomic mass is 9.74. The lowest BCUT2D eigenvalue weighted by Crippen LogP contribution is -2.29. The Morgan fingerprint density at radius 3 is 1.69 bits per heavy atom. The van der Waals surface area contributed by atoms with Crippen LogP contribution in [0.25, 0.3) is 0 Å². The molecule has 1 atom stereocenters. The second-order valence-corrected chi connectivity index (χ2v) is 7.03. The fraction of sp³-hybridized carbons (Fsp3) is 1.00. The van der Waals surface area contributed by atoms with Crippen LogP contribution >= 0.6 is 0 Å². The lowest BCUT2D eigenvalue weighted by molar-refractivity contribution is 0.203. The van der Waals surface area contributed by atoms with Crippen LogP contribution in [0.4, 0.5) is 0 Å². The first kappa shape index (κ1) is 13.2. The maximum Gasteiger partial charge on any atom is 0.0163 e. The molecule has 0 bridgehead atoms. The maximum atomic E-state index is 2.44. The van der Waals surface area contributed by atoms with E-state index in [4.69, 9.17) is 0 Å². The Hall–Kier alpha value is 0.217. The molecule has 0 aromatic heterocycles. The molecule has 0 aromatic carbocycles. The zero-order chi connectivity index (χ0) is 10.6. The van der Waals surface area contributed by atoms with Gasteiger partial charge in [-0.3, -0.25) is 0 Å². The van der Waals surface area contributed by atoms with E-state index >= 15 is 0 Å². The maximum absolute atomic E-state index is 2.44. The molecule has 0 aliphatic carbocycles. The highest BCUT2D eigenvalue weighted by Gasteiger charge is 2.32. The zero-order valence-electron chi connectivity index (χ0n) is 10.4. The van der Waals surface area contributed by atoms with Crippen LogP contribution in [0.3, 0.4) is 0 Å². The van der Waals surface area contributed by atoms with Crippen LogP contribution in [-0.4, -0.2) is 10.2 Å². The highest BCUT2D eigenvalue weighted by molar-refractivity contribution is 6.15. The van der Waals surface area contributed by atoms with Gasteiger partial charge >= 0.3 is 0 Å². The van der Waals surface area contributed by atoms with Crippen molar-refractivity contribution in [1.29, 1.82) is 0 Å². The quantitative estimate of drug-likeness (QED) is 0.594. The van der Waals surface area contributed by atoms with Crippen molar-refractivity contribution < 1.29 is 0 Å². The van der Waals surface area contributed by atoms with Crippen LogP contribution in [0.1, 0.15) is 54.4 Å². The Morgan fingerprint density at radius 1 is 1.08 bits per heavy atom. The summed E-state index contributed by atoms with van der Waals surface area (Å²) in [6.45, 7) is 14.2. The Kier molecular flexibility index (Phi) is 5.27. The molecule has 0 rings (SSSR count). The van der Waals surface area contributed by atoms with Gasteiger partial charge < -0.3 is 0 Å². The fourth-order valence-electron chi connectivity index (χ4n) is 3.12. The van der Waals surface area contributed by atoms with Crippen molar-refractivity contribution in [3.05, 3.63) is 0 Å².